The average Bonchev–Trinajstić information content (AvgIpc) is 3.35. The lowest BCUT2D eigenvalue weighted by Gasteiger charge is -2.25. The number of hydrazine groups is 1. The van der Waals surface area contributed by atoms with Crippen molar-refractivity contribution in [3.8, 4) is 11.5 Å². The van der Waals surface area contributed by atoms with Crippen LogP contribution in [0.25, 0.3) is 0 Å². The molecule has 11 heteroatoms. The van der Waals surface area contributed by atoms with Crippen LogP contribution in [0.4, 0.5) is 0 Å². The van der Waals surface area contributed by atoms with Crippen LogP contribution in [0.1, 0.15) is 23.2 Å². The van der Waals surface area contributed by atoms with Gasteiger partial charge >= 0.3 is 0 Å². The molecular formula is C21H23N3O7S. The van der Waals surface area contributed by atoms with Gasteiger partial charge in [0.2, 0.25) is 16.1 Å². The molecule has 2 atom stereocenters. The number of carbonyl (C=O) groups excluding carboxylic acids is 2. The first-order valence-electron chi connectivity index (χ1n) is 10.1. The summed E-state index contributed by atoms with van der Waals surface area (Å²) in [6, 6.07) is 12.4. The van der Waals surface area contributed by atoms with E-state index in [1.807, 2.05) is 0 Å². The van der Waals surface area contributed by atoms with Crippen LogP contribution in [0.5, 0.6) is 11.5 Å². The van der Waals surface area contributed by atoms with Crippen molar-refractivity contribution in [2.24, 2.45) is 0 Å². The minimum absolute atomic E-state index is 0.0111. The van der Waals surface area contributed by atoms with E-state index in [0.717, 1.165) is 12.8 Å². The van der Waals surface area contributed by atoms with Crippen LogP contribution in [-0.2, 0) is 19.6 Å². The third-order valence-corrected chi connectivity index (χ3v) is 6.45. The largest absolute Gasteiger partial charge is 0.485 e. The maximum atomic E-state index is 12.5. The van der Waals surface area contributed by atoms with Crippen molar-refractivity contribution in [3.63, 3.8) is 0 Å². The van der Waals surface area contributed by atoms with Crippen LogP contribution >= 0.6 is 0 Å². The summed E-state index contributed by atoms with van der Waals surface area (Å²) in [4.78, 5) is 24.7. The molecule has 0 bridgehead atoms. The van der Waals surface area contributed by atoms with Gasteiger partial charge in [-0.1, -0.05) is 18.2 Å². The molecule has 2 aromatic carbocycles. The number of ether oxygens (including phenoxy) is 3. The van der Waals surface area contributed by atoms with Crippen molar-refractivity contribution in [1.29, 1.82) is 0 Å². The van der Waals surface area contributed by atoms with Crippen LogP contribution in [-0.4, -0.2) is 52.2 Å². The fraction of sp³-hybridized carbons (Fsp3) is 0.333. The van der Waals surface area contributed by atoms with E-state index in [0.29, 0.717) is 18.1 Å². The van der Waals surface area contributed by atoms with Crippen molar-refractivity contribution < 1.29 is 32.2 Å². The van der Waals surface area contributed by atoms with Gasteiger partial charge in [-0.2, -0.15) is 0 Å². The predicted octanol–water partition coefficient (Wildman–Crippen LogP) is 0.745. The average molecular weight is 461 g/mol. The lowest BCUT2D eigenvalue weighted by atomic mass is 10.2. The molecular weight excluding hydrogens is 438 g/mol. The fourth-order valence-corrected chi connectivity index (χ4v) is 4.43. The van der Waals surface area contributed by atoms with Crippen LogP contribution in [0.2, 0.25) is 0 Å². The number of carbonyl (C=O) groups is 2. The minimum atomic E-state index is -3.81. The van der Waals surface area contributed by atoms with Gasteiger partial charge in [-0.3, -0.25) is 20.4 Å². The van der Waals surface area contributed by atoms with Gasteiger partial charge in [0.05, 0.1) is 11.0 Å². The molecule has 32 heavy (non-hydrogen) atoms. The van der Waals surface area contributed by atoms with E-state index in [1.54, 1.807) is 24.3 Å². The summed E-state index contributed by atoms with van der Waals surface area (Å²) in [6.45, 7) is 0.780. The third kappa shape index (κ3) is 5.18. The van der Waals surface area contributed by atoms with Gasteiger partial charge < -0.3 is 14.2 Å². The molecule has 0 saturated carbocycles. The third-order valence-electron chi connectivity index (χ3n) is 5.03. The Balaban J connectivity index is 1.33. The van der Waals surface area contributed by atoms with Crippen LogP contribution in [0.3, 0.4) is 0 Å². The maximum Gasteiger partial charge on any atom is 0.283 e. The molecule has 2 aliphatic rings. The van der Waals surface area contributed by atoms with E-state index < -0.39 is 27.9 Å². The quantitative estimate of drug-likeness (QED) is 0.541. The van der Waals surface area contributed by atoms with Gasteiger partial charge in [0.15, 0.2) is 11.5 Å². The molecule has 2 unspecified atom stereocenters. The second-order valence-corrected chi connectivity index (χ2v) is 9.09. The number of hydrogen-bond acceptors (Lipinski definition) is 7. The van der Waals surface area contributed by atoms with Gasteiger partial charge in [0.25, 0.3) is 11.8 Å². The van der Waals surface area contributed by atoms with Crippen molar-refractivity contribution in [1.82, 2.24) is 15.6 Å². The highest BCUT2D eigenvalue weighted by Crippen LogP contribution is 2.30. The molecule has 170 valence electrons. The molecule has 1 saturated heterocycles. The standard InChI is InChI=1S/C21H23N3O7S/c25-20(23-24-21(26)19-13-30-17-8-1-2-9-18(17)31-19)14-5-3-7-16(11-14)32(27,28)22-12-15-6-4-10-29-15/h1-3,5,7-9,11,15,19,22H,4,6,10,12-13H2,(H,23,25)(H,24,26). The number of sulfonamides is 1. The molecule has 10 nitrogen and oxygen atoms in total. The highest BCUT2D eigenvalue weighted by Gasteiger charge is 2.28. The SMILES string of the molecule is O=C(NNC(=O)C1COc2ccccc2O1)c1cccc(S(=O)(=O)NCC2CCCO2)c1. The summed E-state index contributed by atoms with van der Waals surface area (Å²) in [5.41, 5.74) is 4.61. The van der Waals surface area contributed by atoms with Crippen molar-refractivity contribution in [2.45, 2.75) is 29.9 Å². The van der Waals surface area contributed by atoms with Crippen molar-refractivity contribution >= 4 is 21.8 Å². The molecule has 2 amide bonds. The first kappa shape index (κ1) is 22.1. The Hall–Kier alpha value is -3.15. The Kier molecular flexibility index (Phi) is 6.58. The van der Waals surface area contributed by atoms with E-state index in [1.165, 1.54) is 24.3 Å². The van der Waals surface area contributed by atoms with Crippen LogP contribution in [0.15, 0.2) is 53.4 Å². The zero-order chi connectivity index (χ0) is 22.6. The first-order chi connectivity index (χ1) is 15.4. The van der Waals surface area contributed by atoms with E-state index in [2.05, 4.69) is 15.6 Å². The molecule has 1 fully saturated rings. The monoisotopic (exact) mass is 461 g/mol. The Bertz CT molecular complexity index is 1100. The molecule has 0 spiro atoms. The normalized spacial score (nSPS) is 19.9. The first-order valence-corrected chi connectivity index (χ1v) is 11.6. The summed E-state index contributed by atoms with van der Waals surface area (Å²) >= 11 is 0. The Labute approximate surface area is 185 Å². The summed E-state index contributed by atoms with van der Waals surface area (Å²) in [5, 5.41) is 0. The highest BCUT2D eigenvalue weighted by atomic mass is 32.2. The summed E-state index contributed by atoms with van der Waals surface area (Å²) < 4.78 is 44.1. The lowest BCUT2D eigenvalue weighted by molar-refractivity contribution is -0.131. The molecule has 4 rings (SSSR count). The summed E-state index contributed by atoms with van der Waals surface area (Å²) in [5.74, 6) is -0.313. The number of benzene rings is 2. The molecule has 2 aromatic rings. The van der Waals surface area contributed by atoms with Gasteiger partial charge in [-0.25, -0.2) is 13.1 Å². The molecule has 3 N–H and O–H groups in total. The minimum Gasteiger partial charge on any atom is -0.485 e. The maximum absolute atomic E-state index is 12.5. The number of fused-ring (bicyclic) bond motifs is 1. The second-order valence-electron chi connectivity index (χ2n) is 7.32. The number of hydrogen-bond donors (Lipinski definition) is 3. The number of para-hydroxylation sites is 2. The molecule has 0 radical (unpaired) electrons. The van der Waals surface area contributed by atoms with Crippen LogP contribution < -0.4 is 25.0 Å². The lowest BCUT2D eigenvalue weighted by Crippen LogP contribution is -2.50. The van der Waals surface area contributed by atoms with E-state index >= 15 is 0 Å². The molecule has 2 heterocycles. The Morgan fingerprint density at radius 3 is 2.62 bits per heavy atom. The zero-order valence-electron chi connectivity index (χ0n) is 17.1. The number of nitrogens with one attached hydrogen (secondary N) is 3. The zero-order valence-corrected chi connectivity index (χ0v) is 17.9. The summed E-state index contributed by atoms with van der Waals surface area (Å²) in [7, 11) is -3.81. The fourth-order valence-electron chi connectivity index (χ4n) is 3.32. The number of amides is 2. The molecule has 0 aromatic heterocycles. The van der Waals surface area contributed by atoms with E-state index in [-0.39, 0.29) is 29.7 Å². The highest BCUT2D eigenvalue weighted by molar-refractivity contribution is 7.89. The van der Waals surface area contributed by atoms with E-state index in [9.17, 15) is 18.0 Å². The number of rotatable bonds is 6. The molecule has 0 aliphatic carbocycles. The van der Waals surface area contributed by atoms with Gasteiger partial charge in [-0.05, 0) is 43.2 Å². The Morgan fingerprint density at radius 1 is 1.03 bits per heavy atom. The summed E-state index contributed by atoms with van der Waals surface area (Å²) in [6.07, 6.45) is 0.605. The Morgan fingerprint density at radius 2 is 1.84 bits per heavy atom. The smallest absolute Gasteiger partial charge is 0.283 e. The topological polar surface area (TPSA) is 132 Å². The van der Waals surface area contributed by atoms with Crippen molar-refractivity contribution in [2.75, 3.05) is 19.8 Å². The van der Waals surface area contributed by atoms with E-state index in [4.69, 9.17) is 14.2 Å². The molecule has 2 aliphatic heterocycles. The van der Waals surface area contributed by atoms with Crippen LogP contribution in [0, 0.1) is 0 Å². The van der Waals surface area contributed by atoms with Gasteiger partial charge in [0.1, 0.15) is 6.61 Å². The predicted molar refractivity (Wildman–Crippen MR) is 113 cm³/mol. The second kappa shape index (κ2) is 9.55. The van der Waals surface area contributed by atoms with Gasteiger partial charge in [0, 0.05) is 18.7 Å². The van der Waals surface area contributed by atoms with Crippen molar-refractivity contribution in [3.05, 3.63) is 54.1 Å². The van der Waals surface area contributed by atoms with Gasteiger partial charge in [-0.15, -0.1) is 0 Å².